The Balaban J connectivity index is 1.41. The van der Waals surface area contributed by atoms with E-state index in [4.69, 9.17) is 0 Å². The zero-order valence-electron chi connectivity index (χ0n) is 14.5. The lowest BCUT2D eigenvalue weighted by Gasteiger charge is -2.35. The van der Waals surface area contributed by atoms with Gasteiger partial charge < -0.3 is 4.90 Å². The van der Waals surface area contributed by atoms with Crippen LogP contribution in [0.25, 0.3) is 0 Å². The molecule has 0 N–H and O–H groups in total. The van der Waals surface area contributed by atoms with Crippen LogP contribution in [-0.2, 0) is 17.9 Å². The standard InChI is InChI=1S/C17H29N5O/c1-3-22-14-16(15(2)18-22)13-20-9-7-19(8-10-20)11-12-21-6-4-5-17(21)23/h14H,3-13H2,1-2H3. The molecule has 1 aromatic rings. The molecule has 2 fully saturated rings. The van der Waals surface area contributed by atoms with Crippen molar-refractivity contribution in [3.05, 3.63) is 17.5 Å². The summed E-state index contributed by atoms with van der Waals surface area (Å²) in [6.45, 7) is 13.5. The lowest BCUT2D eigenvalue weighted by molar-refractivity contribution is -0.127. The topological polar surface area (TPSA) is 44.6 Å². The second-order valence-electron chi connectivity index (χ2n) is 6.70. The highest BCUT2D eigenvalue weighted by Crippen LogP contribution is 2.13. The third kappa shape index (κ3) is 4.12. The molecule has 3 heterocycles. The molecule has 3 rings (SSSR count). The number of aromatic nitrogens is 2. The second kappa shape index (κ2) is 7.45. The maximum Gasteiger partial charge on any atom is 0.222 e. The number of amides is 1. The summed E-state index contributed by atoms with van der Waals surface area (Å²) in [5.74, 6) is 0.340. The van der Waals surface area contributed by atoms with Crippen molar-refractivity contribution in [2.24, 2.45) is 0 Å². The van der Waals surface area contributed by atoms with Crippen LogP contribution in [-0.4, -0.2) is 76.2 Å². The molecule has 0 bridgehead atoms. The molecule has 1 amide bonds. The van der Waals surface area contributed by atoms with E-state index in [0.717, 1.165) is 77.4 Å². The first-order chi connectivity index (χ1) is 11.2. The molecule has 0 spiro atoms. The molecule has 6 nitrogen and oxygen atoms in total. The molecule has 23 heavy (non-hydrogen) atoms. The molecule has 0 atom stereocenters. The van der Waals surface area contributed by atoms with Crippen molar-refractivity contribution in [2.75, 3.05) is 45.8 Å². The number of carbonyl (C=O) groups excluding carboxylic acids is 1. The summed E-state index contributed by atoms with van der Waals surface area (Å²) >= 11 is 0. The second-order valence-corrected chi connectivity index (χ2v) is 6.70. The van der Waals surface area contributed by atoms with Gasteiger partial charge in [0.1, 0.15) is 0 Å². The van der Waals surface area contributed by atoms with Crippen molar-refractivity contribution in [3.8, 4) is 0 Å². The largest absolute Gasteiger partial charge is 0.341 e. The molecule has 0 aromatic carbocycles. The van der Waals surface area contributed by atoms with Crippen LogP contribution >= 0.6 is 0 Å². The summed E-state index contributed by atoms with van der Waals surface area (Å²) in [6.07, 6.45) is 3.97. The fourth-order valence-corrected chi connectivity index (χ4v) is 3.49. The first-order valence-corrected chi connectivity index (χ1v) is 8.91. The van der Waals surface area contributed by atoms with Crippen LogP contribution in [0, 0.1) is 6.92 Å². The van der Waals surface area contributed by atoms with Gasteiger partial charge in [0, 0.05) is 77.1 Å². The van der Waals surface area contributed by atoms with Crippen molar-refractivity contribution in [1.82, 2.24) is 24.5 Å². The Labute approximate surface area is 139 Å². The lowest BCUT2D eigenvalue weighted by Crippen LogP contribution is -2.48. The molecule has 0 unspecified atom stereocenters. The van der Waals surface area contributed by atoms with Gasteiger partial charge in [0.2, 0.25) is 5.91 Å². The predicted octanol–water partition coefficient (Wildman–Crippen LogP) is 0.951. The molecule has 2 aliphatic heterocycles. The first kappa shape index (κ1) is 16.5. The van der Waals surface area contributed by atoms with E-state index in [-0.39, 0.29) is 0 Å². The summed E-state index contributed by atoms with van der Waals surface area (Å²) in [4.78, 5) is 18.7. The molecule has 0 radical (unpaired) electrons. The number of likely N-dealkylation sites (tertiary alicyclic amines) is 1. The Morgan fingerprint density at radius 3 is 2.43 bits per heavy atom. The first-order valence-electron chi connectivity index (χ1n) is 8.91. The SMILES string of the molecule is CCn1cc(CN2CCN(CCN3CCCC3=O)CC2)c(C)n1. The average Bonchev–Trinajstić information content (AvgIpc) is 3.13. The molecule has 128 valence electrons. The van der Waals surface area contributed by atoms with Crippen LogP contribution in [0.2, 0.25) is 0 Å². The Bertz CT molecular complexity index is 533. The third-order valence-electron chi connectivity index (χ3n) is 5.09. The van der Waals surface area contributed by atoms with Gasteiger partial charge >= 0.3 is 0 Å². The molecular formula is C17H29N5O. The summed E-state index contributed by atoms with van der Waals surface area (Å²) in [6, 6.07) is 0. The lowest BCUT2D eigenvalue weighted by atomic mass is 10.2. The molecule has 6 heteroatoms. The van der Waals surface area contributed by atoms with Gasteiger partial charge in [0.25, 0.3) is 0 Å². The molecule has 2 aliphatic rings. The minimum atomic E-state index is 0.340. The predicted molar refractivity (Wildman–Crippen MR) is 90.2 cm³/mol. The summed E-state index contributed by atoms with van der Waals surface area (Å²) in [5.41, 5.74) is 2.50. The Morgan fingerprint density at radius 1 is 1.09 bits per heavy atom. The monoisotopic (exact) mass is 319 g/mol. The van der Waals surface area contributed by atoms with Gasteiger partial charge in [0.15, 0.2) is 0 Å². The van der Waals surface area contributed by atoms with Crippen LogP contribution in [0.15, 0.2) is 6.20 Å². The number of aryl methyl sites for hydroxylation is 2. The van der Waals surface area contributed by atoms with E-state index in [2.05, 4.69) is 34.9 Å². The van der Waals surface area contributed by atoms with Crippen molar-refractivity contribution in [1.29, 1.82) is 0 Å². The third-order valence-corrected chi connectivity index (χ3v) is 5.09. The fraction of sp³-hybridized carbons (Fsp3) is 0.765. The highest BCUT2D eigenvalue weighted by molar-refractivity contribution is 5.78. The zero-order valence-corrected chi connectivity index (χ0v) is 14.5. The van der Waals surface area contributed by atoms with Crippen LogP contribution in [0.5, 0.6) is 0 Å². The van der Waals surface area contributed by atoms with Gasteiger partial charge in [-0.2, -0.15) is 5.10 Å². The van der Waals surface area contributed by atoms with Gasteiger partial charge in [-0.05, 0) is 20.3 Å². The van der Waals surface area contributed by atoms with E-state index in [1.165, 1.54) is 5.56 Å². The van der Waals surface area contributed by atoms with Crippen molar-refractivity contribution >= 4 is 5.91 Å². The van der Waals surface area contributed by atoms with E-state index in [1.807, 2.05) is 9.58 Å². The Kier molecular flexibility index (Phi) is 5.33. The van der Waals surface area contributed by atoms with Crippen molar-refractivity contribution in [2.45, 2.75) is 39.8 Å². The number of piperazine rings is 1. The van der Waals surface area contributed by atoms with Gasteiger partial charge in [-0.3, -0.25) is 19.3 Å². The highest BCUT2D eigenvalue weighted by Gasteiger charge is 2.22. The quantitative estimate of drug-likeness (QED) is 0.783. The normalized spacial score (nSPS) is 20.6. The van der Waals surface area contributed by atoms with Crippen molar-refractivity contribution < 1.29 is 4.79 Å². The van der Waals surface area contributed by atoms with E-state index in [0.29, 0.717) is 5.91 Å². The highest BCUT2D eigenvalue weighted by atomic mass is 16.2. The summed E-state index contributed by atoms with van der Waals surface area (Å²) in [5, 5.41) is 4.53. The van der Waals surface area contributed by atoms with Crippen LogP contribution in [0.4, 0.5) is 0 Å². The minimum Gasteiger partial charge on any atom is -0.341 e. The van der Waals surface area contributed by atoms with Crippen molar-refractivity contribution in [3.63, 3.8) is 0 Å². The van der Waals surface area contributed by atoms with Crippen LogP contribution in [0.3, 0.4) is 0 Å². The zero-order chi connectivity index (χ0) is 16.2. The number of hydrogen-bond acceptors (Lipinski definition) is 4. The number of carbonyl (C=O) groups is 1. The van der Waals surface area contributed by atoms with E-state index in [1.54, 1.807) is 0 Å². The molecule has 0 aliphatic carbocycles. The Morgan fingerprint density at radius 2 is 1.83 bits per heavy atom. The maximum absolute atomic E-state index is 11.7. The number of nitrogens with zero attached hydrogens (tertiary/aromatic N) is 5. The summed E-state index contributed by atoms with van der Waals surface area (Å²) in [7, 11) is 0. The van der Waals surface area contributed by atoms with Crippen LogP contribution < -0.4 is 0 Å². The van der Waals surface area contributed by atoms with E-state index < -0.39 is 0 Å². The number of hydrogen-bond donors (Lipinski definition) is 0. The number of rotatable bonds is 6. The molecule has 1 aromatic heterocycles. The average molecular weight is 319 g/mol. The van der Waals surface area contributed by atoms with Gasteiger partial charge in [-0.15, -0.1) is 0 Å². The molecule has 0 saturated carbocycles. The van der Waals surface area contributed by atoms with Gasteiger partial charge in [0.05, 0.1) is 5.69 Å². The molecular weight excluding hydrogens is 290 g/mol. The summed E-state index contributed by atoms with van der Waals surface area (Å²) < 4.78 is 2.02. The van der Waals surface area contributed by atoms with Gasteiger partial charge in [-0.1, -0.05) is 0 Å². The minimum absolute atomic E-state index is 0.340. The maximum atomic E-state index is 11.7. The van der Waals surface area contributed by atoms with Crippen LogP contribution in [0.1, 0.15) is 31.0 Å². The smallest absolute Gasteiger partial charge is 0.222 e. The fourth-order valence-electron chi connectivity index (χ4n) is 3.49. The van der Waals surface area contributed by atoms with E-state index >= 15 is 0 Å². The molecule has 2 saturated heterocycles. The van der Waals surface area contributed by atoms with E-state index in [9.17, 15) is 4.79 Å². The van der Waals surface area contributed by atoms with Gasteiger partial charge in [-0.25, -0.2) is 0 Å². The Hall–Kier alpha value is -1.40.